The van der Waals surface area contributed by atoms with Crippen LogP contribution in [0.25, 0.3) is 0 Å². The van der Waals surface area contributed by atoms with Gasteiger partial charge in [-0.15, -0.1) is 0 Å². The first-order chi connectivity index (χ1) is 8.04. The van der Waals surface area contributed by atoms with Gasteiger partial charge in [-0.05, 0) is 46.1 Å². The van der Waals surface area contributed by atoms with Gasteiger partial charge in [-0.25, -0.2) is 0 Å². The van der Waals surface area contributed by atoms with Crippen molar-refractivity contribution in [2.24, 2.45) is 0 Å². The average Bonchev–Trinajstić information content (AvgIpc) is 3.13. The van der Waals surface area contributed by atoms with Crippen LogP contribution in [-0.2, 0) is 0 Å². The Balaban J connectivity index is 2.38. The molecule has 1 rings (SSSR count). The van der Waals surface area contributed by atoms with Gasteiger partial charge in [0.05, 0.1) is 6.61 Å². The molecule has 0 aromatic heterocycles. The van der Waals surface area contributed by atoms with E-state index in [9.17, 15) is 5.11 Å². The van der Waals surface area contributed by atoms with Crippen molar-refractivity contribution in [2.75, 3.05) is 19.7 Å². The molecule has 0 aliphatic heterocycles. The molecule has 0 bridgehead atoms. The summed E-state index contributed by atoms with van der Waals surface area (Å²) in [4.78, 5) is 2.50. The monoisotopic (exact) mass is 242 g/mol. The first-order valence-electron chi connectivity index (χ1n) is 7.17. The zero-order valence-corrected chi connectivity index (χ0v) is 12.0. The molecule has 1 aliphatic carbocycles. The molecule has 0 aromatic rings. The lowest BCUT2D eigenvalue weighted by molar-refractivity contribution is 0.131. The quantitative estimate of drug-likeness (QED) is 0.649. The molecule has 1 saturated carbocycles. The Morgan fingerprint density at radius 3 is 2.47 bits per heavy atom. The van der Waals surface area contributed by atoms with Crippen LogP contribution >= 0.6 is 0 Å². The SMILES string of the molecule is CCC(C)N(CC)CCC(C)(CO)NC1CC1. The molecule has 0 spiro atoms. The van der Waals surface area contributed by atoms with Gasteiger partial charge in [0.2, 0.25) is 0 Å². The van der Waals surface area contributed by atoms with Gasteiger partial charge in [-0.3, -0.25) is 0 Å². The highest BCUT2D eigenvalue weighted by molar-refractivity contribution is 4.92. The molecule has 1 aliphatic rings. The van der Waals surface area contributed by atoms with Crippen LogP contribution in [0.2, 0.25) is 0 Å². The molecule has 3 nitrogen and oxygen atoms in total. The van der Waals surface area contributed by atoms with E-state index < -0.39 is 0 Å². The zero-order chi connectivity index (χ0) is 12.9. The van der Waals surface area contributed by atoms with Crippen LogP contribution in [0.3, 0.4) is 0 Å². The second-order valence-electron chi connectivity index (χ2n) is 5.77. The Hall–Kier alpha value is -0.120. The summed E-state index contributed by atoms with van der Waals surface area (Å²) < 4.78 is 0. The number of hydrogen-bond acceptors (Lipinski definition) is 3. The summed E-state index contributed by atoms with van der Waals surface area (Å²) in [5.74, 6) is 0. The van der Waals surface area contributed by atoms with Gasteiger partial charge < -0.3 is 15.3 Å². The van der Waals surface area contributed by atoms with Crippen LogP contribution in [0.5, 0.6) is 0 Å². The minimum Gasteiger partial charge on any atom is -0.394 e. The molecule has 17 heavy (non-hydrogen) atoms. The van der Waals surface area contributed by atoms with E-state index >= 15 is 0 Å². The van der Waals surface area contributed by atoms with Crippen molar-refractivity contribution in [2.45, 2.75) is 71.0 Å². The molecule has 102 valence electrons. The fourth-order valence-corrected chi connectivity index (χ4v) is 2.26. The van der Waals surface area contributed by atoms with E-state index in [4.69, 9.17) is 0 Å². The summed E-state index contributed by atoms with van der Waals surface area (Å²) in [6, 6.07) is 1.30. The Morgan fingerprint density at radius 2 is 2.06 bits per heavy atom. The summed E-state index contributed by atoms with van der Waals surface area (Å²) in [5.41, 5.74) is -0.0952. The Morgan fingerprint density at radius 1 is 1.41 bits per heavy atom. The molecule has 0 amide bonds. The number of nitrogens with zero attached hydrogens (tertiary/aromatic N) is 1. The third-order valence-corrected chi connectivity index (χ3v) is 4.05. The van der Waals surface area contributed by atoms with E-state index in [1.54, 1.807) is 0 Å². The van der Waals surface area contributed by atoms with Gasteiger partial charge in [0, 0.05) is 24.2 Å². The van der Waals surface area contributed by atoms with Crippen molar-refractivity contribution in [1.82, 2.24) is 10.2 Å². The Bertz CT molecular complexity index is 218. The molecule has 0 aromatic carbocycles. The van der Waals surface area contributed by atoms with E-state index in [0.29, 0.717) is 12.1 Å². The van der Waals surface area contributed by atoms with E-state index in [2.05, 4.69) is 37.9 Å². The lowest BCUT2D eigenvalue weighted by Gasteiger charge is -2.34. The molecule has 0 heterocycles. The maximum Gasteiger partial charge on any atom is 0.0611 e. The summed E-state index contributed by atoms with van der Waals surface area (Å²) in [7, 11) is 0. The number of hydrogen-bond donors (Lipinski definition) is 2. The lowest BCUT2D eigenvalue weighted by atomic mass is 9.98. The summed E-state index contributed by atoms with van der Waals surface area (Å²) in [5, 5.41) is 13.1. The van der Waals surface area contributed by atoms with Crippen molar-refractivity contribution in [3.05, 3.63) is 0 Å². The van der Waals surface area contributed by atoms with Crippen LogP contribution in [0, 0.1) is 0 Å². The highest BCUT2D eigenvalue weighted by Gasteiger charge is 2.32. The zero-order valence-electron chi connectivity index (χ0n) is 12.0. The third kappa shape index (κ3) is 4.94. The Labute approximate surface area is 107 Å². The fraction of sp³-hybridized carbons (Fsp3) is 1.00. The van der Waals surface area contributed by atoms with Crippen molar-refractivity contribution in [3.8, 4) is 0 Å². The summed E-state index contributed by atoms with van der Waals surface area (Å²) >= 11 is 0. The molecule has 1 fully saturated rings. The topological polar surface area (TPSA) is 35.5 Å². The van der Waals surface area contributed by atoms with Gasteiger partial charge in [-0.1, -0.05) is 13.8 Å². The predicted molar refractivity (Wildman–Crippen MR) is 73.3 cm³/mol. The van der Waals surface area contributed by atoms with Gasteiger partial charge in [0.1, 0.15) is 0 Å². The lowest BCUT2D eigenvalue weighted by Crippen LogP contribution is -2.49. The molecule has 3 heteroatoms. The van der Waals surface area contributed by atoms with Crippen molar-refractivity contribution >= 4 is 0 Å². The van der Waals surface area contributed by atoms with E-state index in [0.717, 1.165) is 19.5 Å². The first kappa shape index (κ1) is 14.9. The van der Waals surface area contributed by atoms with Crippen LogP contribution < -0.4 is 5.32 Å². The number of aliphatic hydroxyl groups is 1. The van der Waals surface area contributed by atoms with Gasteiger partial charge >= 0.3 is 0 Å². The molecule has 2 atom stereocenters. The van der Waals surface area contributed by atoms with Crippen LogP contribution in [0.15, 0.2) is 0 Å². The molecular formula is C14H30N2O. The summed E-state index contributed by atoms with van der Waals surface area (Å²) in [6.07, 6.45) is 4.77. The van der Waals surface area contributed by atoms with Crippen LogP contribution in [-0.4, -0.2) is 47.3 Å². The van der Waals surface area contributed by atoms with Crippen LogP contribution in [0.4, 0.5) is 0 Å². The van der Waals surface area contributed by atoms with E-state index in [-0.39, 0.29) is 12.1 Å². The highest BCUT2D eigenvalue weighted by Crippen LogP contribution is 2.24. The van der Waals surface area contributed by atoms with Gasteiger partial charge in [-0.2, -0.15) is 0 Å². The largest absolute Gasteiger partial charge is 0.394 e. The van der Waals surface area contributed by atoms with Crippen molar-refractivity contribution in [1.29, 1.82) is 0 Å². The third-order valence-electron chi connectivity index (χ3n) is 4.05. The maximum atomic E-state index is 9.56. The normalized spacial score (nSPS) is 21.5. The van der Waals surface area contributed by atoms with Crippen molar-refractivity contribution < 1.29 is 5.11 Å². The molecule has 2 unspecified atom stereocenters. The number of rotatable bonds is 9. The minimum atomic E-state index is -0.0952. The minimum absolute atomic E-state index is 0.0952. The molecule has 0 saturated heterocycles. The van der Waals surface area contributed by atoms with Crippen LogP contribution in [0.1, 0.15) is 53.4 Å². The van der Waals surface area contributed by atoms with Gasteiger partial charge in [0.15, 0.2) is 0 Å². The fourth-order valence-electron chi connectivity index (χ4n) is 2.26. The standard InChI is InChI=1S/C14H30N2O/c1-5-12(3)16(6-2)10-9-14(4,11-17)15-13-7-8-13/h12-13,15,17H,5-11H2,1-4H3. The first-order valence-corrected chi connectivity index (χ1v) is 7.17. The second-order valence-corrected chi connectivity index (χ2v) is 5.77. The van der Waals surface area contributed by atoms with Gasteiger partial charge in [0.25, 0.3) is 0 Å². The van der Waals surface area contributed by atoms with E-state index in [1.807, 2.05) is 0 Å². The molecular weight excluding hydrogens is 212 g/mol. The Kier molecular flexibility index (Phi) is 5.90. The van der Waals surface area contributed by atoms with Crippen molar-refractivity contribution in [3.63, 3.8) is 0 Å². The summed E-state index contributed by atoms with van der Waals surface area (Å²) in [6.45, 7) is 11.3. The smallest absolute Gasteiger partial charge is 0.0611 e. The number of nitrogens with one attached hydrogen (secondary N) is 1. The molecule has 2 N–H and O–H groups in total. The number of aliphatic hydroxyl groups excluding tert-OH is 1. The van der Waals surface area contributed by atoms with E-state index in [1.165, 1.54) is 19.3 Å². The molecule has 0 radical (unpaired) electrons. The predicted octanol–water partition coefficient (Wildman–Crippen LogP) is 2.00. The average molecular weight is 242 g/mol. The highest BCUT2D eigenvalue weighted by atomic mass is 16.3. The second kappa shape index (κ2) is 6.72. The maximum absolute atomic E-state index is 9.56.